The molecule has 0 saturated carbocycles. The topological polar surface area (TPSA) is 41.6 Å². The fraction of sp³-hybridized carbons (Fsp3) is 0.611. The molecule has 0 radical (unpaired) electrons. The van der Waals surface area contributed by atoms with Crippen molar-refractivity contribution in [1.82, 2.24) is 10.2 Å². The zero-order valence-electron chi connectivity index (χ0n) is 13.5. The first-order chi connectivity index (χ1) is 11.2. The Bertz CT molecular complexity index is 532. The maximum Gasteiger partial charge on any atom is 0.224 e. The van der Waals surface area contributed by atoms with Crippen molar-refractivity contribution < 1.29 is 9.53 Å². The lowest BCUT2D eigenvalue weighted by atomic mass is 9.95. The summed E-state index contributed by atoms with van der Waals surface area (Å²) < 4.78 is 6.50. The number of benzene rings is 1. The van der Waals surface area contributed by atoms with Crippen LogP contribution in [0, 0.1) is 5.92 Å². The largest absolute Gasteiger partial charge is 0.381 e. The van der Waals surface area contributed by atoms with E-state index in [4.69, 9.17) is 4.74 Å². The summed E-state index contributed by atoms with van der Waals surface area (Å²) in [6, 6.07) is 8.63. The number of amides is 1. The molecule has 1 aromatic rings. The molecule has 1 atom stereocenters. The van der Waals surface area contributed by atoms with Crippen LogP contribution in [0.15, 0.2) is 28.7 Å². The number of hydrogen-bond donors (Lipinski definition) is 1. The van der Waals surface area contributed by atoms with Gasteiger partial charge in [-0.1, -0.05) is 34.1 Å². The molecule has 2 aliphatic heterocycles. The molecule has 2 saturated heterocycles. The van der Waals surface area contributed by atoms with Crippen molar-refractivity contribution in [2.24, 2.45) is 5.92 Å². The second-order valence-electron chi connectivity index (χ2n) is 6.56. The van der Waals surface area contributed by atoms with Gasteiger partial charge in [0.2, 0.25) is 5.91 Å². The van der Waals surface area contributed by atoms with Crippen LogP contribution in [0.1, 0.15) is 31.2 Å². The smallest absolute Gasteiger partial charge is 0.224 e. The van der Waals surface area contributed by atoms with Crippen molar-refractivity contribution in [3.05, 3.63) is 34.3 Å². The molecule has 0 spiro atoms. The van der Waals surface area contributed by atoms with E-state index < -0.39 is 0 Å². The van der Waals surface area contributed by atoms with Crippen molar-refractivity contribution in [3.63, 3.8) is 0 Å². The predicted octanol–water partition coefficient (Wildman–Crippen LogP) is 2.96. The van der Waals surface area contributed by atoms with E-state index in [1.54, 1.807) is 0 Å². The molecule has 1 unspecified atom stereocenters. The van der Waals surface area contributed by atoms with Gasteiger partial charge in [-0.05, 0) is 43.9 Å². The van der Waals surface area contributed by atoms with Gasteiger partial charge in [0.05, 0.1) is 5.92 Å². The van der Waals surface area contributed by atoms with Crippen LogP contribution < -0.4 is 5.32 Å². The highest BCUT2D eigenvalue weighted by atomic mass is 79.9. The van der Waals surface area contributed by atoms with E-state index in [1.165, 1.54) is 5.56 Å². The van der Waals surface area contributed by atoms with Crippen molar-refractivity contribution in [3.8, 4) is 0 Å². The number of ether oxygens (including phenoxy) is 1. The van der Waals surface area contributed by atoms with Crippen LogP contribution in [-0.4, -0.2) is 43.2 Å². The maximum absolute atomic E-state index is 12.5. The molecular weight excluding hydrogens is 356 g/mol. The lowest BCUT2D eigenvalue weighted by Gasteiger charge is -2.33. The van der Waals surface area contributed by atoms with E-state index in [2.05, 4.69) is 44.3 Å². The number of carbonyl (C=O) groups excluding carboxylic acids is 1. The molecule has 0 bridgehead atoms. The second-order valence-corrected chi connectivity index (χ2v) is 7.42. The van der Waals surface area contributed by atoms with Crippen LogP contribution in [0.5, 0.6) is 0 Å². The number of nitrogens with zero attached hydrogens (tertiary/aromatic N) is 1. The summed E-state index contributed by atoms with van der Waals surface area (Å²) in [4.78, 5) is 14.9. The molecule has 126 valence electrons. The highest BCUT2D eigenvalue weighted by Gasteiger charge is 2.27. The summed E-state index contributed by atoms with van der Waals surface area (Å²) in [5, 5.41) is 3.23. The lowest BCUT2D eigenvalue weighted by Crippen LogP contribution is -2.47. The molecule has 1 N–H and O–H groups in total. The van der Waals surface area contributed by atoms with E-state index in [9.17, 15) is 4.79 Å². The molecule has 2 fully saturated rings. The molecular formula is C18H25BrN2O2. The number of rotatable bonds is 4. The zero-order chi connectivity index (χ0) is 16.1. The van der Waals surface area contributed by atoms with Crippen LogP contribution in [0.3, 0.4) is 0 Å². The van der Waals surface area contributed by atoms with Crippen LogP contribution in [0.2, 0.25) is 0 Å². The van der Waals surface area contributed by atoms with Crippen LogP contribution >= 0.6 is 15.9 Å². The monoisotopic (exact) mass is 380 g/mol. The molecule has 3 rings (SSSR count). The Morgan fingerprint density at radius 3 is 2.83 bits per heavy atom. The molecule has 1 aromatic carbocycles. The van der Waals surface area contributed by atoms with Crippen LogP contribution in [0.25, 0.3) is 0 Å². The van der Waals surface area contributed by atoms with Crippen molar-refractivity contribution in [2.45, 2.75) is 38.3 Å². The van der Waals surface area contributed by atoms with E-state index in [1.807, 2.05) is 6.07 Å². The third-order valence-electron chi connectivity index (χ3n) is 4.80. The average Bonchev–Trinajstić information content (AvgIpc) is 2.58. The minimum atomic E-state index is 0.120. The first-order valence-corrected chi connectivity index (χ1v) is 9.35. The Kier molecular flexibility index (Phi) is 6.08. The Hall–Kier alpha value is -0.910. The Morgan fingerprint density at radius 1 is 1.26 bits per heavy atom. The van der Waals surface area contributed by atoms with Gasteiger partial charge >= 0.3 is 0 Å². The minimum Gasteiger partial charge on any atom is -0.381 e. The number of carbonyl (C=O) groups is 1. The van der Waals surface area contributed by atoms with Gasteiger partial charge < -0.3 is 10.1 Å². The zero-order valence-corrected chi connectivity index (χ0v) is 15.1. The molecule has 1 amide bonds. The quantitative estimate of drug-likeness (QED) is 0.872. The summed E-state index contributed by atoms with van der Waals surface area (Å²) in [7, 11) is 0. The number of hydrogen-bond acceptors (Lipinski definition) is 3. The Morgan fingerprint density at radius 2 is 2.04 bits per heavy atom. The van der Waals surface area contributed by atoms with Gasteiger partial charge in [0.15, 0.2) is 0 Å². The van der Waals surface area contributed by atoms with E-state index >= 15 is 0 Å². The van der Waals surface area contributed by atoms with Gasteiger partial charge in [0, 0.05) is 36.8 Å². The van der Waals surface area contributed by atoms with E-state index in [0.29, 0.717) is 6.04 Å². The van der Waals surface area contributed by atoms with E-state index in [0.717, 1.165) is 63.0 Å². The second kappa shape index (κ2) is 8.27. The first kappa shape index (κ1) is 16.9. The third-order valence-corrected chi connectivity index (χ3v) is 5.57. The molecule has 0 aliphatic carbocycles. The van der Waals surface area contributed by atoms with Crippen molar-refractivity contribution in [1.29, 1.82) is 0 Å². The van der Waals surface area contributed by atoms with E-state index in [-0.39, 0.29) is 11.8 Å². The lowest BCUT2D eigenvalue weighted by molar-refractivity contribution is -0.128. The number of likely N-dealkylation sites (tertiary alicyclic amines) is 1. The summed E-state index contributed by atoms with van der Waals surface area (Å²) in [5.74, 6) is 0.350. The highest BCUT2D eigenvalue weighted by Crippen LogP contribution is 2.23. The Balaban J connectivity index is 1.53. The molecule has 0 aromatic heterocycles. The summed E-state index contributed by atoms with van der Waals surface area (Å²) >= 11 is 3.62. The van der Waals surface area contributed by atoms with Gasteiger partial charge in [-0.3, -0.25) is 9.69 Å². The molecule has 2 aliphatic rings. The minimum absolute atomic E-state index is 0.120. The van der Waals surface area contributed by atoms with Crippen molar-refractivity contribution in [2.75, 3.05) is 26.3 Å². The Labute approximate surface area is 146 Å². The SMILES string of the molecule is O=C(NC1CCOCC1)C1CCCN(Cc2ccccc2Br)C1. The van der Waals surface area contributed by atoms with Gasteiger partial charge in [-0.2, -0.15) is 0 Å². The van der Waals surface area contributed by atoms with Gasteiger partial charge in [0.1, 0.15) is 0 Å². The predicted molar refractivity (Wildman–Crippen MR) is 94.1 cm³/mol. The van der Waals surface area contributed by atoms with Crippen LogP contribution in [0.4, 0.5) is 0 Å². The normalized spacial score (nSPS) is 23.6. The average molecular weight is 381 g/mol. The highest BCUT2D eigenvalue weighted by molar-refractivity contribution is 9.10. The summed E-state index contributed by atoms with van der Waals surface area (Å²) in [6.45, 7) is 4.37. The summed E-state index contributed by atoms with van der Waals surface area (Å²) in [6.07, 6.45) is 3.98. The fourth-order valence-electron chi connectivity index (χ4n) is 3.44. The molecule has 2 heterocycles. The summed E-state index contributed by atoms with van der Waals surface area (Å²) in [5.41, 5.74) is 1.29. The number of halogens is 1. The van der Waals surface area contributed by atoms with Gasteiger partial charge in [0.25, 0.3) is 0 Å². The molecule has 5 heteroatoms. The standard InChI is InChI=1S/C18H25BrN2O2/c19-17-6-2-1-4-14(17)12-21-9-3-5-15(13-21)18(22)20-16-7-10-23-11-8-16/h1-2,4,6,15-16H,3,5,7-13H2,(H,20,22). The van der Waals surface area contributed by atoms with Crippen molar-refractivity contribution >= 4 is 21.8 Å². The van der Waals surface area contributed by atoms with Gasteiger partial charge in [-0.25, -0.2) is 0 Å². The molecule has 23 heavy (non-hydrogen) atoms. The van der Waals surface area contributed by atoms with Crippen LogP contribution in [-0.2, 0) is 16.1 Å². The first-order valence-electron chi connectivity index (χ1n) is 8.56. The fourth-order valence-corrected chi connectivity index (χ4v) is 3.85. The molecule has 4 nitrogen and oxygen atoms in total. The number of piperidine rings is 1. The number of nitrogens with one attached hydrogen (secondary N) is 1. The third kappa shape index (κ3) is 4.78. The maximum atomic E-state index is 12.5. The van der Waals surface area contributed by atoms with Gasteiger partial charge in [-0.15, -0.1) is 0 Å².